The van der Waals surface area contributed by atoms with Crippen molar-refractivity contribution >= 4 is 12.0 Å². The monoisotopic (exact) mass is 375 g/mol. The number of amides is 2. The second-order valence-electron chi connectivity index (χ2n) is 6.33. The van der Waals surface area contributed by atoms with E-state index in [1.54, 1.807) is 12.1 Å². The molecule has 0 unspecified atom stereocenters. The molecule has 1 aliphatic rings. The van der Waals surface area contributed by atoms with Gasteiger partial charge in [0.1, 0.15) is 0 Å². The standard InChI is InChI=1S/C16H20F3N3O4/c1-9(2)26-13-4-3-10(5-20-13)6-21-15(25)22-7-11(14(23)24)12(8-22)16(17,18)19/h3-5,9,11-12H,6-8H2,1-2H3,(H,21,25)(H,23,24)/t11-,12-/m1/s1. The van der Waals surface area contributed by atoms with Crippen molar-refractivity contribution in [2.45, 2.75) is 32.7 Å². The van der Waals surface area contributed by atoms with Gasteiger partial charge in [-0.3, -0.25) is 4.79 Å². The number of nitrogens with zero attached hydrogens (tertiary/aromatic N) is 2. The van der Waals surface area contributed by atoms with Gasteiger partial charge >= 0.3 is 18.2 Å². The summed E-state index contributed by atoms with van der Waals surface area (Å²) >= 11 is 0. The van der Waals surface area contributed by atoms with E-state index in [4.69, 9.17) is 9.84 Å². The molecular weight excluding hydrogens is 355 g/mol. The van der Waals surface area contributed by atoms with Crippen molar-refractivity contribution in [3.8, 4) is 5.88 Å². The van der Waals surface area contributed by atoms with Gasteiger partial charge in [0.15, 0.2) is 0 Å². The number of aromatic nitrogens is 1. The van der Waals surface area contributed by atoms with Crippen LogP contribution in [0, 0.1) is 11.8 Å². The van der Waals surface area contributed by atoms with Crippen LogP contribution in [0.2, 0.25) is 0 Å². The van der Waals surface area contributed by atoms with Crippen LogP contribution < -0.4 is 10.1 Å². The zero-order valence-electron chi connectivity index (χ0n) is 14.3. The van der Waals surface area contributed by atoms with Crippen LogP contribution in [0.4, 0.5) is 18.0 Å². The largest absolute Gasteiger partial charge is 0.481 e. The van der Waals surface area contributed by atoms with Gasteiger partial charge in [-0.15, -0.1) is 0 Å². The summed E-state index contributed by atoms with van der Waals surface area (Å²) in [5.74, 6) is -4.87. The second kappa shape index (κ2) is 7.79. The Labute approximate surface area is 148 Å². The molecule has 10 heteroatoms. The lowest BCUT2D eigenvalue weighted by molar-refractivity contribution is -0.187. The number of carbonyl (C=O) groups is 2. The van der Waals surface area contributed by atoms with Crippen LogP contribution in [0.15, 0.2) is 18.3 Å². The molecule has 0 bridgehead atoms. The third-order valence-electron chi connectivity index (χ3n) is 3.94. The molecule has 2 atom stereocenters. The molecule has 0 radical (unpaired) electrons. The van der Waals surface area contributed by atoms with E-state index in [2.05, 4.69) is 10.3 Å². The van der Waals surface area contributed by atoms with Crippen molar-refractivity contribution < 1.29 is 32.6 Å². The molecule has 2 N–H and O–H groups in total. The second-order valence-corrected chi connectivity index (χ2v) is 6.33. The number of urea groups is 1. The first-order valence-electron chi connectivity index (χ1n) is 8.01. The van der Waals surface area contributed by atoms with Crippen LogP contribution in [0.5, 0.6) is 5.88 Å². The molecule has 1 aromatic heterocycles. The zero-order chi connectivity index (χ0) is 19.5. The first-order chi connectivity index (χ1) is 12.1. The molecule has 1 aromatic rings. The lowest BCUT2D eigenvalue weighted by atomic mass is 9.96. The topological polar surface area (TPSA) is 91.8 Å². The Morgan fingerprint density at radius 1 is 1.38 bits per heavy atom. The lowest BCUT2D eigenvalue weighted by Crippen LogP contribution is -2.39. The number of carbonyl (C=O) groups excluding carboxylic acids is 1. The highest BCUT2D eigenvalue weighted by Crippen LogP contribution is 2.37. The normalized spacial score (nSPS) is 20.3. The van der Waals surface area contributed by atoms with E-state index in [0.717, 1.165) is 4.90 Å². The van der Waals surface area contributed by atoms with E-state index in [-0.39, 0.29) is 12.6 Å². The number of halogens is 3. The van der Waals surface area contributed by atoms with E-state index in [0.29, 0.717) is 11.4 Å². The first kappa shape index (κ1) is 19.8. The third kappa shape index (κ3) is 4.99. The van der Waals surface area contributed by atoms with E-state index in [9.17, 15) is 22.8 Å². The number of aliphatic carboxylic acids is 1. The van der Waals surface area contributed by atoms with E-state index >= 15 is 0 Å². The minimum Gasteiger partial charge on any atom is -0.481 e. The quantitative estimate of drug-likeness (QED) is 0.824. The maximum atomic E-state index is 12.9. The maximum Gasteiger partial charge on any atom is 0.394 e. The maximum absolute atomic E-state index is 12.9. The van der Waals surface area contributed by atoms with Crippen LogP contribution in [-0.4, -0.2) is 52.4 Å². The summed E-state index contributed by atoms with van der Waals surface area (Å²) in [5.41, 5.74) is 0.635. The molecule has 1 saturated heterocycles. The van der Waals surface area contributed by atoms with Gasteiger partial charge in [0.2, 0.25) is 5.88 Å². The third-order valence-corrected chi connectivity index (χ3v) is 3.94. The summed E-state index contributed by atoms with van der Waals surface area (Å²) in [6.45, 7) is 2.60. The van der Waals surface area contributed by atoms with Crippen molar-refractivity contribution in [2.24, 2.45) is 11.8 Å². The van der Waals surface area contributed by atoms with Gasteiger partial charge < -0.3 is 20.1 Å². The molecule has 1 aliphatic heterocycles. The number of carboxylic acids is 1. The minimum absolute atomic E-state index is 0.0352. The number of hydrogen-bond donors (Lipinski definition) is 2. The fourth-order valence-electron chi connectivity index (χ4n) is 2.67. The highest BCUT2D eigenvalue weighted by molar-refractivity contribution is 5.77. The zero-order valence-corrected chi connectivity index (χ0v) is 14.3. The van der Waals surface area contributed by atoms with Gasteiger partial charge in [-0.25, -0.2) is 9.78 Å². The SMILES string of the molecule is CC(C)Oc1ccc(CNC(=O)N2C[C@@H](C(F)(F)F)[C@H](C(=O)O)C2)cn1. The number of pyridine rings is 1. The number of likely N-dealkylation sites (tertiary alicyclic amines) is 1. The molecule has 144 valence electrons. The summed E-state index contributed by atoms with van der Waals surface area (Å²) in [5, 5.41) is 11.4. The average molecular weight is 375 g/mol. The molecular formula is C16H20F3N3O4. The van der Waals surface area contributed by atoms with Gasteiger partial charge in [-0.1, -0.05) is 6.07 Å². The van der Waals surface area contributed by atoms with Crippen LogP contribution in [0.1, 0.15) is 19.4 Å². The summed E-state index contributed by atoms with van der Waals surface area (Å²) in [7, 11) is 0. The van der Waals surface area contributed by atoms with Crippen molar-refractivity contribution in [2.75, 3.05) is 13.1 Å². The Morgan fingerprint density at radius 3 is 2.54 bits per heavy atom. The van der Waals surface area contributed by atoms with Crippen LogP contribution >= 0.6 is 0 Å². The highest BCUT2D eigenvalue weighted by atomic mass is 19.4. The minimum atomic E-state index is -4.67. The van der Waals surface area contributed by atoms with E-state index in [1.807, 2.05) is 13.8 Å². The van der Waals surface area contributed by atoms with Crippen molar-refractivity contribution in [3.05, 3.63) is 23.9 Å². The number of alkyl halides is 3. The fraction of sp³-hybridized carbons (Fsp3) is 0.562. The van der Waals surface area contributed by atoms with Crippen molar-refractivity contribution in [1.29, 1.82) is 0 Å². The summed E-state index contributed by atoms with van der Waals surface area (Å²) < 4.78 is 44.2. The van der Waals surface area contributed by atoms with Gasteiger partial charge in [-0.2, -0.15) is 13.2 Å². The average Bonchev–Trinajstić information content (AvgIpc) is 2.99. The molecule has 1 fully saturated rings. The van der Waals surface area contributed by atoms with Gasteiger partial charge in [-0.05, 0) is 19.4 Å². The van der Waals surface area contributed by atoms with Gasteiger partial charge in [0.25, 0.3) is 0 Å². The van der Waals surface area contributed by atoms with Crippen molar-refractivity contribution in [1.82, 2.24) is 15.2 Å². The van der Waals surface area contributed by atoms with Gasteiger partial charge in [0, 0.05) is 31.9 Å². The Kier molecular flexibility index (Phi) is 5.94. The van der Waals surface area contributed by atoms with Crippen LogP contribution in [0.25, 0.3) is 0 Å². The van der Waals surface area contributed by atoms with Crippen molar-refractivity contribution in [3.63, 3.8) is 0 Å². The Bertz CT molecular complexity index is 649. The Balaban J connectivity index is 1.92. The molecule has 0 spiro atoms. The highest BCUT2D eigenvalue weighted by Gasteiger charge is 2.53. The first-order valence-corrected chi connectivity index (χ1v) is 8.01. The number of nitrogens with one attached hydrogen (secondary N) is 1. The molecule has 2 amide bonds. The smallest absolute Gasteiger partial charge is 0.394 e. The molecule has 7 nitrogen and oxygen atoms in total. The molecule has 2 rings (SSSR count). The number of carboxylic acid groups (broad SMARTS) is 1. The predicted octanol–water partition coefficient (Wildman–Crippen LogP) is 2.27. The summed E-state index contributed by atoms with van der Waals surface area (Å²) in [6, 6.07) is 2.55. The molecule has 26 heavy (non-hydrogen) atoms. The Morgan fingerprint density at radius 2 is 2.08 bits per heavy atom. The lowest BCUT2D eigenvalue weighted by Gasteiger charge is -2.18. The number of rotatable bonds is 5. The summed E-state index contributed by atoms with van der Waals surface area (Å²) in [6.07, 6.45) is -3.22. The van der Waals surface area contributed by atoms with E-state index < -0.39 is 43.1 Å². The number of ether oxygens (including phenoxy) is 1. The summed E-state index contributed by atoms with van der Waals surface area (Å²) in [4.78, 5) is 28.1. The van der Waals surface area contributed by atoms with E-state index in [1.165, 1.54) is 6.20 Å². The van der Waals surface area contributed by atoms with Crippen LogP contribution in [-0.2, 0) is 11.3 Å². The predicted molar refractivity (Wildman–Crippen MR) is 84.5 cm³/mol. The molecule has 2 heterocycles. The number of hydrogen-bond acceptors (Lipinski definition) is 4. The van der Waals surface area contributed by atoms with Crippen LogP contribution in [0.3, 0.4) is 0 Å². The van der Waals surface area contributed by atoms with Gasteiger partial charge in [0.05, 0.1) is 17.9 Å². The molecule has 0 saturated carbocycles. The fourth-order valence-corrected chi connectivity index (χ4v) is 2.67. The Hall–Kier alpha value is -2.52. The molecule has 0 aromatic carbocycles. The molecule has 0 aliphatic carbocycles.